The largest absolute Gasteiger partial charge is 0.465 e. The highest BCUT2D eigenvalue weighted by Gasteiger charge is 2.39. The summed E-state index contributed by atoms with van der Waals surface area (Å²) >= 11 is 1.01. The molecule has 0 aliphatic carbocycles. The van der Waals surface area contributed by atoms with Gasteiger partial charge in [0.05, 0.1) is 12.7 Å². The van der Waals surface area contributed by atoms with Crippen molar-refractivity contribution in [2.75, 3.05) is 20.2 Å². The first-order chi connectivity index (χ1) is 11.4. The van der Waals surface area contributed by atoms with Crippen LogP contribution in [-0.2, 0) is 14.8 Å². The van der Waals surface area contributed by atoms with Crippen molar-refractivity contribution in [1.82, 2.24) is 4.31 Å². The van der Waals surface area contributed by atoms with Gasteiger partial charge in [-0.15, -0.1) is 11.3 Å². The van der Waals surface area contributed by atoms with E-state index in [0.717, 1.165) is 16.9 Å². The van der Waals surface area contributed by atoms with E-state index in [1.807, 2.05) is 30.3 Å². The Morgan fingerprint density at radius 1 is 1.29 bits per heavy atom. The summed E-state index contributed by atoms with van der Waals surface area (Å²) in [6.07, 6.45) is 0. The van der Waals surface area contributed by atoms with E-state index in [2.05, 4.69) is 4.74 Å². The first-order valence-electron chi connectivity index (χ1n) is 7.41. The number of hydrogen-bond donors (Lipinski definition) is 1. The predicted octanol–water partition coefficient (Wildman–Crippen LogP) is 1.65. The topological polar surface area (TPSA) is 89.7 Å². The SMILES string of the molecule is COC(=O)c1csc(S(=O)(=O)N2C[C@@H](N)[C@H](c3ccccc3)C2)c1. The van der Waals surface area contributed by atoms with Crippen LogP contribution in [0.15, 0.2) is 46.0 Å². The number of nitrogens with two attached hydrogens (primary N) is 1. The van der Waals surface area contributed by atoms with Crippen LogP contribution in [0.25, 0.3) is 0 Å². The molecule has 2 atom stereocenters. The minimum Gasteiger partial charge on any atom is -0.465 e. The van der Waals surface area contributed by atoms with E-state index >= 15 is 0 Å². The molecule has 0 unspecified atom stereocenters. The minimum absolute atomic E-state index is 0.0407. The molecule has 2 heterocycles. The zero-order valence-corrected chi connectivity index (χ0v) is 14.7. The normalized spacial score (nSPS) is 21.8. The molecule has 1 aliphatic heterocycles. The van der Waals surface area contributed by atoms with E-state index < -0.39 is 16.0 Å². The molecular formula is C16H18N2O4S2. The highest BCUT2D eigenvalue weighted by Crippen LogP contribution is 2.32. The maximum Gasteiger partial charge on any atom is 0.338 e. The van der Waals surface area contributed by atoms with Gasteiger partial charge < -0.3 is 10.5 Å². The quantitative estimate of drug-likeness (QED) is 0.831. The van der Waals surface area contributed by atoms with E-state index in [-0.39, 0.29) is 28.3 Å². The van der Waals surface area contributed by atoms with Crippen molar-refractivity contribution >= 4 is 27.3 Å². The second kappa shape index (κ2) is 6.64. The molecule has 2 aromatic rings. The van der Waals surface area contributed by atoms with Crippen molar-refractivity contribution in [2.45, 2.75) is 16.2 Å². The molecule has 1 aromatic carbocycles. The third kappa shape index (κ3) is 3.10. The van der Waals surface area contributed by atoms with E-state index in [4.69, 9.17) is 5.73 Å². The Balaban J connectivity index is 1.83. The number of carbonyl (C=O) groups is 1. The van der Waals surface area contributed by atoms with Gasteiger partial charge in [0.2, 0.25) is 0 Å². The Kier molecular flexibility index (Phi) is 4.73. The van der Waals surface area contributed by atoms with Crippen LogP contribution in [0.2, 0.25) is 0 Å². The average molecular weight is 366 g/mol. The summed E-state index contributed by atoms with van der Waals surface area (Å²) in [4.78, 5) is 11.5. The molecule has 1 fully saturated rings. The van der Waals surface area contributed by atoms with Gasteiger partial charge in [0.25, 0.3) is 10.0 Å². The van der Waals surface area contributed by atoms with E-state index in [1.165, 1.54) is 22.9 Å². The summed E-state index contributed by atoms with van der Waals surface area (Å²) in [7, 11) is -2.41. The van der Waals surface area contributed by atoms with Crippen LogP contribution in [0.5, 0.6) is 0 Å². The summed E-state index contributed by atoms with van der Waals surface area (Å²) in [6, 6.07) is 10.8. The molecule has 1 aromatic heterocycles. The number of hydrogen-bond acceptors (Lipinski definition) is 6. The van der Waals surface area contributed by atoms with Gasteiger partial charge in [-0.25, -0.2) is 13.2 Å². The first kappa shape index (κ1) is 17.1. The number of esters is 1. The Bertz CT molecular complexity index is 833. The van der Waals surface area contributed by atoms with Crippen molar-refractivity contribution in [1.29, 1.82) is 0 Å². The lowest BCUT2D eigenvalue weighted by atomic mass is 9.95. The molecule has 3 rings (SSSR count). The zero-order chi connectivity index (χ0) is 17.3. The molecule has 8 heteroatoms. The van der Waals surface area contributed by atoms with Crippen LogP contribution in [0, 0.1) is 0 Å². The lowest BCUT2D eigenvalue weighted by molar-refractivity contribution is 0.0601. The van der Waals surface area contributed by atoms with Gasteiger partial charge in [0, 0.05) is 30.4 Å². The Labute approximate surface area is 144 Å². The molecule has 6 nitrogen and oxygen atoms in total. The van der Waals surface area contributed by atoms with Gasteiger partial charge in [0.15, 0.2) is 0 Å². The number of nitrogens with zero attached hydrogens (tertiary/aromatic N) is 1. The summed E-state index contributed by atoms with van der Waals surface area (Å²) in [6.45, 7) is 0.590. The fraction of sp³-hybridized carbons (Fsp3) is 0.312. The van der Waals surface area contributed by atoms with Crippen LogP contribution in [0.1, 0.15) is 21.8 Å². The van der Waals surface area contributed by atoms with Gasteiger partial charge >= 0.3 is 5.97 Å². The molecule has 1 saturated heterocycles. The number of thiophene rings is 1. The van der Waals surface area contributed by atoms with Crippen LogP contribution >= 0.6 is 11.3 Å². The minimum atomic E-state index is -3.67. The maximum absolute atomic E-state index is 12.8. The molecule has 0 spiro atoms. The van der Waals surface area contributed by atoms with E-state index in [1.54, 1.807) is 0 Å². The second-order valence-corrected chi connectivity index (χ2v) is 8.73. The summed E-state index contributed by atoms with van der Waals surface area (Å²) in [5, 5.41) is 1.49. The number of methoxy groups -OCH3 is 1. The average Bonchev–Trinajstić information content (AvgIpc) is 3.22. The smallest absolute Gasteiger partial charge is 0.338 e. The molecule has 2 N–H and O–H groups in total. The van der Waals surface area contributed by atoms with Gasteiger partial charge in [-0.2, -0.15) is 4.31 Å². The van der Waals surface area contributed by atoms with E-state index in [9.17, 15) is 13.2 Å². The van der Waals surface area contributed by atoms with Crippen molar-refractivity contribution in [3.8, 4) is 0 Å². The lowest BCUT2D eigenvalue weighted by Gasteiger charge is -2.15. The van der Waals surface area contributed by atoms with Gasteiger partial charge in [-0.05, 0) is 11.6 Å². The Hall–Kier alpha value is -1.74. The van der Waals surface area contributed by atoms with Gasteiger partial charge in [0.1, 0.15) is 4.21 Å². The molecule has 128 valence electrons. The fourth-order valence-electron chi connectivity index (χ4n) is 2.84. The highest BCUT2D eigenvalue weighted by molar-refractivity contribution is 7.91. The molecular weight excluding hydrogens is 348 g/mol. The van der Waals surface area contributed by atoms with Gasteiger partial charge in [-0.3, -0.25) is 0 Å². The first-order valence-corrected chi connectivity index (χ1v) is 9.73. The van der Waals surface area contributed by atoms with E-state index in [0.29, 0.717) is 6.54 Å². The molecule has 1 aliphatic rings. The monoisotopic (exact) mass is 366 g/mol. The standard InChI is InChI=1S/C16H18N2O4S2/c1-22-16(19)12-7-15(23-10-12)24(20,21)18-8-13(14(17)9-18)11-5-3-2-4-6-11/h2-7,10,13-14H,8-9,17H2,1H3/t13-,14+/m0/s1. The van der Waals surface area contributed by atoms with Crippen molar-refractivity contribution in [3.63, 3.8) is 0 Å². The van der Waals surface area contributed by atoms with Crippen LogP contribution in [0.3, 0.4) is 0 Å². The third-order valence-corrected chi connectivity index (χ3v) is 7.40. The van der Waals surface area contributed by atoms with Crippen LogP contribution in [-0.4, -0.2) is 44.9 Å². The molecule has 24 heavy (non-hydrogen) atoms. The predicted molar refractivity (Wildman–Crippen MR) is 91.6 cm³/mol. The van der Waals surface area contributed by atoms with Crippen molar-refractivity contribution < 1.29 is 17.9 Å². The summed E-state index contributed by atoms with van der Waals surface area (Å²) in [5.74, 6) is -0.589. The number of ether oxygens (including phenoxy) is 1. The van der Waals surface area contributed by atoms with Gasteiger partial charge in [-0.1, -0.05) is 30.3 Å². The summed E-state index contributed by atoms with van der Waals surface area (Å²) < 4.78 is 31.8. The number of sulfonamides is 1. The summed E-state index contributed by atoms with van der Waals surface area (Å²) in [5.41, 5.74) is 7.45. The molecule has 0 saturated carbocycles. The third-order valence-electron chi connectivity index (χ3n) is 4.15. The van der Waals surface area contributed by atoms with Crippen LogP contribution in [0.4, 0.5) is 0 Å². The van der Waals surface area contributed by atoms with Crippen molar-refractivity contribution in [3.05, 3.63) is 52.9 Å². The zero-order valence-electron chi connectivity index (χ0n) is 13.1. The number of rotatable bonds is 4. The molecule has 0 bridgehead atoms. The van der Waals surface area contributed by atoms with Crippen molar-refractivity contribution in [2.24, 2.45) is 5.73 Å². The lowest BCUT2D eigenvalue weighted by Crippen LogP contribution is -2.31. The highest BCUT2D eigenvalue weighted by atomic mass is 32.2. The fourth-order valence-corrected chi connectivity index (χ4v) is 5.65. The number of carbonyl (C=O) groups excluding carboxylic acids is 1. The Morgan fingerprint density at radius 2 is 2.00 bits per heavy atom. The molecule has 0 amide bonds. The number of benzene rings is 1. The molecule has 0 radical (unpaired) electrons. The van der Waals surface area contributed by atoms with Crippen LogP contribution < -0.4 is 5.73 Å². The Morgan fingerprint density at radius 3 is 2.67 bits per heavy atom. The maximum atomic E-state index is 12.8. The second-order valence-electron chi connectivity index (χ2n) is 5.65.